The van der Waals surface area contributed by atoms with Gasteiger partial charge in [-0.1, -0.05) is 39.8 Å². The Kier molecular flexibility index (Phi) is 4.28. The summed E-state index contributed by atoms with van der Waals surface area (Å²) in [5.74, 6) is 0. The number of thiophene rings is 1. The highest BCUT2D eigenvalue weighted by Gasteiger charge is 2.08. The average molecular weight is 276 g/mol. The van der Waals surface area contributed by atoms with Gasteiger partial charge in [-0.25, -0.2) is 0 Å². The van der Waals surface area contributed by atoms with E-state index in [1.165, 1.54) is 23.0 Å². The lowest BCUT2D eigenvalue weighted by atomic mass is 10.2. The van der Waals surface area contributed by atoms with E-state index >= 15 is 0 Å². The first-order valence-corrected chi connectivity index (χ1v) is 6.10. The third-order valence-electron chi connectivity index (χ3n) is 1.76. The van der Waals surface area contributed by atoms with Crippen molar-refractivity contribution in [3.8, 4) is 0 Å². The van der Waals surface area contributed by atoms with Crippen molar-refractivity contribution < 1.29 is 4.92 Å². The van der Waals surface area contributed by atoms with Crippen molar-refractivity contribution in [3.05, 3.63) is 32.7 Å². The monoisotopic (exact) mass is 275 g/mol. The summed E-state index contributed by atoms with van der Waals surface area (Å²) in [6.45, 7) is 2.06. The number of halogens is 1. The Morgan fingerprint density at radius 3 is 2.86 bits per heavy atom. The van der Waals surface area contributed by atoms with Crippen molar-refractivity contribution in [2.75, 3.05) is 5.33 Å². The second-order valence-electron chi connectivity index (χ2n) is 2.72. The van der Waals surface area contributed by atoms with Gasteiger partial charge in [0.15, 0.2) is 0 Å². The highest BCUT2D eigenvalue weighted by Crippen LogP contribution is 2.26. The van der Waals surface area contributed by atoms with Gasteiger partial charge in [0.2, 0.25) is 0 Å². The number of hydrogen-bond donors (Lipinski definition) is 0. The number of rotatable bonds is 4. The molecule has 0 atom stereocenters. The molecule has 0 fully saturated rings. The first-order valence-electron chi connectivity index (χ1n) is 4.17. The van der Waals surface area contributed by atoms with Gasteiger partial charge in [0.05, 0.1) is 4.92 Å². The first-order chi connectivity index (χ1) is 6.67. The van der Waals surface area contributed by atoms with Gasteiger partial charge in [-0.05, 0) is 18.6 Å². The van der Waals surface area contributed by atoms with Crippen LogP contribution in [0.3, 0.4) is 0 Å². The minimum atomic E-state index is -0.359. The molecule has 1 heterocycles. The molecule has 0 N–H and O–H groups in total. The summed E-state index contributed by atoms with van der Waals surface area (Å²) in [4.78, 5) is 11.0. The van der Waals surface area contributed by atoms with Crippen molar-refractivity contribution in [1.29, 1.82) is 0 Å². The van der Waals surface area contributed by atoms with Crippen LogP contribution >= 0.6 is 27.3 Å². The van der Waals surface area contributed by atoms with Crippen LogP contribution in [0.2, 0.25) is 0 Å². The molecule has 0 aliphatic carbocycles. The van der Waals surface area contributed by atoms with E-state index in [1.54, 1.807) is 6.07 Å². The zero-order chi connectivity index (χ0) is 10.6. The first kappa shape index (κ1) is 11.4. The van der Waals surface area contributed by atoms with Crippen LogP contribution in [-0.4, -0.2) is 10.3 Å². The maximum Gasteiger partial charge on any atom is 0.324 e. The van der Waals surface area contributed by atoms with Crippen LogP contribution in [0, 0.1) is 10.1 Å². The normalized spacial score (nSPS) is 11.7. The molecule has 0 saturated heterocycles. The molecule has 0 bridgehead atoms. The number of alkyl halides is 1. The lowest BCUT2D eigenvalue weighted by Crippen LogP contribution is -1.81. The standard InChI is InChI=1S/C9H10BrNO2S/c1-2-7(6-10)5-8-3-4-9(14-8)11(12)13/h3-5H,2,6H2,1H3/b7-5-. The molecule has 0 saturated carbocycles. The van der Waals surface area contributed by atoms with Gasteiger partial charge in [-0.3, -0.25) is 10.1 Å². The highest BCUT2D eigenvalue weighted by atomic mass is 79.9. The number of hydrogen-bond acceptors (Lipinski definition) is 3. The molecule has 1 aromatic heterocycles. The zero-order valence-electron chi connectivity index (χ0n) is 7.70. The molecule has 5 heteroatoms. The Labute approximate surface area is 94.7 Å². The third-order valence-corrected chi connectivity index (χ3v) is 3.47. The Morgan fingerprint density at radius 1 is 1.71 bits per heavy atom. The van der Waals surface area contributed by atoms with Gasteiger partial charge in [-0.2, -0.15) is 0 Å². The van der Waals surface area contributed by atoms with Gasteiger partial charge in [0, 0.05) is 16.3 Å². The molecule has 0 aliphatic heterocycles. The van der Waals surface area contributed by atoms with Gasteiger partial charge in [-0.15, -0.1) is 0 Å². The van der Waals surface area contributed by atoms with Crippen LogP contribution in [-0.2, 0) is 0 Å². The largest absolute Gasteiger partial charge is 0.324 e. The van der Waals surface area contributed by atoms with Crippen molar-refractivity contribution in [3.63, 3.8) is 0 Å². The van der Waals surface area contributed by atoms with Gasteiger partial charge >= 0.3 is 5.00 Å². The number of allylic oxidation sites excluding steroid dienone is 1. The fraction of sp³-hybridized carbons (Fsp3) is 0.333. The lowest BCUT2D eigenvalue weighted by Gasteiger charge is -1.95. The van der Waals surface area contributed by atoms with Gasteiger partial charge < -0.3 is 0 Å². The van der Waals surface area contributed by atoms with E-state index in [1.807, 2.05) is 6.08 Å². The van der Waals surface area contributed by atoms with Crippen molar-refractivity contribution >= 4 is 38.3 Å². The predicted octanol–water partition coefficient (Wildman–Crippen LogP) is 3.84. The van der Waals surface area contributed by atoms with Crippen LogP contribution in [0.1, 0.15) is 18.2 Å². The number of nitro groups is 1. The van der Waals surface area contributed by atoms with E-state index in [0.29, 0.717) is 0 Å². The van der Waals surface area contributed by atoms with Crippen LogP contribution in [0.25, 0.3) is 6.08 Å². The molecule has 14 heavy (non-hydrogen) atoms. The number of nitrogens with zero attached hydrogens (tertiary/aromatic N) is 1. The van der Waals surface area contributed by atoms with Crippen molar-refractivity contribution in [2.45, 2.75) is 13.3 Å². The second-order valence-corrected chi connectivity index (χ2v) is 4.38. The Balaban J connectivity index is 2.87. The molecule has 1 rings (SSSR count). The molecule has 0 aromatic carbocycles. The van der Waals surface area contributed by atoms with E-state index in [0.717, 1.165) is 16.6 Å². The summed E-state index contributed by atoms with van der Waals surface area (Å²) in [5.41, 5.74) is 1.24. The minimum Gasteiger partial charge on any atom is -0.258 e. The van der Waals surface area contributed by atoms with Crippen molar-refractivity contribution in [1.82, 2.24) is 0 Å². The smallest absolute Gasteiger partial charge is 0.258 e. The quantitative estimate of drug-likeness (QED) is 0.476. The SMILES string of the molecule is CC/C(=C/c1ccc([N+](=O)[O-])s1)CBr. The summed E-state index contributed by atoms with van der Waals surface area (Å²) in [6, 6.07) is 3.32. The summed E-state index contributed by atoms with van der Waals surface area (Å²) >= 11 is 4.58. The van der Waals surface area contributed by atoms with Gasteiger partial charge in [0.25, 0.3) is 0 Å². The van der Waals surface area contributed by atoms with Crippen molar-refractivity contribution in [2.24, 2.45) is 0 Å². The Bertz CT molecular complexity index is 353. The summed E-state index contributed by atoms with van der Waals surface area (Å²) in [5, 5.41) is 11.4. The summed E-state index contributed by atoms with van der Waals surface area (Å²) in [6.07, 6.45) is 2.95. The molecule has 0 unspecified atom stereocenters. The second kappa shape index (κ2) is 5.26. The van der Waals surface area contributed by atoms with E-state index < -0.39 is 0 Å². The summed E-state index contributed by atoms with van der Waals surface area (Å²) in [7, 11) is 0. The zero-order valence-corrected chi connectivity index (χ0v) is 10.1. The maximum absolute atomic E-state index is 10.4. The van der Waals surface area contributed by atoms with E-state index in [2.05, 4.69) is 22.9 Å². The third kappa shape index (κ3) is 2.92. The van der Waals surface area contributed by atoms with E-state index in [9.17, 15) is 10.1 Å². The Morgan fingerprint density at radius 2 is 2.43 bits per heavy atom. The topological polar surface area (TPSA) is 43.1 Å². The minimum absolute atomic E-state index is 0.196. The average Bonchev–Trinajstić information content (AvgIpc) is 2.62. The fourth-order valence-corrected chi connectivity index (χ4v) is 2.33. The molecule has 0 aliphatic rings. The highest BCUT2D eigenvalue weighted by molar-refractivity contribution is 9.09. The van der Waals surface area contributed by atoms with Gasteiger partial charge in [0.1, 0.15) is 0 Å². The molecule has 0 radical (unpaired) electrons. The molecular weight excluding hydrogens is 266 g/mol. The Hall–Kier alpha value is -0.680. The maximum atomic E-state index is 10.4. The van der Waals surface area contributed by atoms with Crippen LogP contribution < -0.4 is 0 Å². The molecule has 1 aromatic rings. The molecule has 0 amide bonds. The fourth-order valence-electron chi connectivity index (χ4n) is 0.954. The van der Waals surface area contributed by atoms with Crippen LogP contribution in [0.5, 0.6) is 0 Å². The van der Waals surface area contributed by atoms with E-state index in [4.69, 9.17) is 0 Å². The van der Waals surface area contributed by atoms with Crippen LogP contribution in [0.4, 0.5) is 5.00 Å². The molecule has 76 valence electrons. The molecular formula is C9H10BrNO2S. The lowest BCUT2D eigenvalue weighted by molar-refractivity contribution is -0.380. The van der Waals surface area contributed by atoms with E-state index in [-0.39, 0.29) is 9.92 Å². The van der Waals surface area contributed by atoms with Crippen LogP contribution in [0.15, 0.2) is 17.7 Å². The molecule has 0 spiro atoms. The predicted molar refractivity (Wildman–Crippen MR) is 63.0 cm³/mol. The summed E-state index contributed by atoms with van der Waals surface area (Å²) < 4.78 is 0. The molecule has 3 nitrogen and oxygen atoms in total.